The van der Waals surface area contributed by atoms with Crippen molar-refractivity contribution in [2.75, 3.05) is 10.0 Å². The van der Waals surface area contributed by atoms with Crippen LogP contribution in [0.4, 0.5) is 11.4 Å². The molecule has 3 N–H and O–H groups in total. The van der Waals surface area contributed by atoms with Gasteiger partial charge in [0.2, 0.25) is 0 Å². The number of aryl methyl sites for hydroxylation is 1. The molecule has 0 radical (unpaired) electrons. The molecular weight excluding hydrogens is 450 g/mol. The van der Waals surface area contributed by atoms with Crippen LogP contribution in [0.2, 0.25) is 0 Å². The van der Waals surface area contributed by atoms with E-state index in [2.05, 4.69) is 15.4 Å². The number of rotatable bonds is 8. The first-order chi connectivity index (χ1) is 16.0. The van der Waals surface area contributed by atoms with Gasteiger partial charge in [-0.2, -0.15) is 0 Å². The van der Waals surface area contributed by atoms with Crippen molar-refractivity contribution in [3.05, 3.63) is 89.5 Å². The molecule has 0 aromatic heterocycles. The fourth-order valence-electron chi connectivity index (χ4n) is 3.02. The van der Waals surface area contributed by atoms with E-state index in [4.69, 9.17) is 0 Å². The summed E-state index contributed by atoms with van der Waals surface area (Å²) < 4.78 is 28.0. The number of hydrogen-bond acceptors (Lipinski definition) is 4. The third-order valence-electron chi connectivity index (χ3n) is 5.45. The molecule has 0 aliphatic rings. The summed E-state index contributed by atoms with van der Waals surface area (Å²) in [4.78, 5) is 25.1. The largest absolute Gasteiger partial charge is 0.347 e. The standard InChI is InChI=1S/C26H29N3O4S/c1-5-26(3,4)28-25(31)19-11-15-21(16-12-19)27-24(30)20-7-6-8-23(17-20)34(32,33)29-22-13-9-18(2)10-14-22/h6-17,29H,5H2,1-4H3,(H,27,30)(H,28,31). The van der Waals surface area contributed by atoms with Gasteiger partial charge in [0.1, 0.15) is 0 Å². The van der Waals surface area contributed by atoms with Crippen molar-refractivity contribution in [2.45, 2.75) is 44.6 Å². The lowest BCUT2D eigenvalue weighted by Gasteiger charge is -2.24. The van der Waals surface area contributed by atoms with Crippen LogP contribution in [0, 0.1) is 6.92 Å². The lowest BCUT2D eigenvalue weighted by Crippen LogP contribution is -2.42. The monoisotopic (exact) mass is 479 g/mol. The molecule has 7 nitrogen and oxygen atoms in total. The fourth-order valence-corrected chi connectivity index (χ4v) is 4.12. The molecule has 34 heavy (non-hydrogen) atoms. The summed E-state index contributed by atoms with van der Waals surface area (Å²) in [5.74, 6) is -0.652. The van der Waals surface area contributed by atoms with Gasteiger partial charge in [0.05, 0.1) is 4.90 Å². The fraction of sp³-hybridized carbons (Fsp3) is 0.231. The van der Waals surface area contributed by atoms with Crippen molar-refractivity contribution >= 4 is 33.2 Å². The van der Waals surface area contributed by atoms with Gasteiger partial charge in [-0.1, -0.05) is 30.7 Å². The SMILES string of the molecule is CCC(C)(C)NC(=O)c1ccc(NC(=O)c2cccc(S(=O)(=O)Nc3ccc(C)cc3)c2)cc1. The molecule has 3 aromatic rings. The van der Waals surface area contributed by atoms with Crippen molar-refractivity contribution in [3.63, 3.8) is 0 Å². The van der Waals surface area contributed by atoms with E-state index >= 15 is 0 Å². The predicted octanol–water partition coefficient (Wildman–Crippen LogP) is 4.97. The smallest absolute Gasteiger partial charge is 0.261 e. The van der Waals surface area contributed by atoms with Crippen LogP contribution in [0.15, 0.2) is 77.7 Å². The number of anilines is 2. The van der Waals surface area contributed by atoms with Crippen LogP contribution in [0.25, 0.3) is 0 Å². The number of benzene rings is 3. The predicted molar refractivity (Wildman–Crippen MR) is 135 cm³/mol. The maximum atomic E-state index is 12.8. The highest BCUT2D eigenvalue weighted by Gasteiger charge is 2.19. The normalized spacial score (nSPS) is 11.5. The second-order valence-electron chi connectivity index (χ2n) is 8.72. The molecule has 3 aromatic carbocycles. The molecule has 0 unspecified atom stereocenters. The Morgan fingerprint density at radius 2 is 1.44 bits per heavy atom. The number of carbonyl (C=O) groups is 2. The third-order valence-corrected chi connectivity index (χ3v) is 6.83. The molecule has 0 fully saturated rings. The number of carbonyl (C=O) groups excluding carboxylic acids is 2. The Bertz CT molecular complexity index is 1280. The molecule has 0 spiro atoms. The number of sulfonamides is 1. The molecule has 178 valence electrons. The summed E-state index contributed by atoms with van der Waals surface area (Å²) in [7, 11) is -3.86. The second-order valence-corrected chi connectivity index (χ2v) is 10.4. The molecule has 0 bridgehead atoms. The van der Waals surface area contributed by atoms with Crippen molar-refractivity contribution in [1.29, 1.82) is 0 Å². The number of amides is 2. The van der Waals surface area contributed by atoms with Crippen molar-refractivity contribution < 1.29 is 18.0 Å². The van der Waals surface area contributed by atoms with E-state index in [1.54, 1.807) is 48.5 Å². The Morgan fingerprint density at radius 1 is 0.824 bits per heavy atom. The van der Waals surface area contributed by atoms with E-state index in [9.17, 15) is 18.0 Å². The summed E-state index contributed by atoms with van der Waals surface area (Å²) in [5, 5.41) is 5.69. The van der Waals surface area contributed by atoms with Gasteiger partial charge < -0.3 is 10.6 Å². The van der Waals surface area contributed by atoms with Crippen LogP contribution >= 0.6 is 0 Å². The molecule has 0 heterocycles. The highest BCUT2D eigenvalue weighted by molar-refractivity contribution is 7.92. The summed E-state index contributed by atoms with van der Waals surface area (Å²) in [6.45, 7) is 7.81. The third kappa shape index (κ3) is 6.45. The highest BCUT2D eigenvalue weighted by atomic mass is 32.2. The van der Waals surface area contributed by atoms with Gasteiger partial charge in [-0.05, 0) is 81.8 Å². The van der Waals surface area contributed by atoms with Gasteiger partial charge in [0.25, 0.3) is 21.8 Å². The van der Waals surface area contributed by atoms with E-state index in [0.29, 0.717) is 16.9 Å². The Morgan fingerprint density at radius 3 is 2.06 bits per heavy atom. The first-order valence-corrected chi connectivity index (χ1v) is 12.4. The molecular formula is C26H29N3O4S. The zero-order chi connectivity index (χ0) is 24.9. The first-order valence-electron chi connectivity index (χ1n) is 10.9. The van der Waals surface area contributed by atoms with E-state index in [1.807, 2.05) is 27.7 Å². The van der Waals surface area contributed by atoms with Crippen molar-refractivity contribution in [3.8, 4) is 0 Å². The minimum Gasteiger partial charge on any atom is -0.347 e. The maximum Gasteiger partial charge on any atom is 0.261 e. The quantitative estimate of drug-likeness (QED) is 0.424. The van der Waals surface area contributed by atoms with Gasteiger partial charge in [-0.3, -0.25) is 14.3 Å². The summed E-state index contributed by atoms with van der Waals surface area (Å²) in [5.41, 5.74) is 2.30. The van der Waals surface area contributed by atoms with Gasteiger partial charge in [-0.15, -0.1) is 0 Å². The van der Waals surface area contributed by atoms with Crippen LogP contribution in [0.5, 0.6) is 0 Å². The molecule has 0 atom stereocenters. The second kappa shape index (κ2) is 10.1. The first kappa shape index (κ1) is 25.0. The molecule has 0 saturated carbocycles. The van der Waals surface area contributed by atoms with E-state index in [0.717, 1.165) is 12.0 Å². The van der Waals surface area contributed by atoms with Gasteiger partial charge in [0, 0.05) is 28.0 Å². The summed E-state index contributed by atoms with van der Waals surface area (Å²) in [6.07, 6.45) is 0.794. The minimum absolute atomic E-state index is 0.0220. The van der Waals surface area contributed by atoms with Gasteiger partial charge >= 0.3 is 0 Å². The Labute approximate surface area is 200 Å². The van der Waals surface area contributed by atoms with Crippen molar-refractivity contribution in [1.82, 2.24) is 5.32 Å². The number of hydrogen-bond donors (Lipinski definition) is 3. The Kier molecular flexibility index (Phi) is 7.41. The zero-order valence-electron chi connectivity index (χ0n) is 19.7. The van der Waals surface area contributed by atoms with Crippen LogP contribution < -0.4 is 15.4 Å². The summed E-state index contributed by atoms with van der Waals surface area (Å²) in [6, 6.07) is 19.3. The average molecular weight is 480 g/mol. The van der Waals surface area contributed by atoms with Crippen LogP contribution in [-0.2, 0) is 10.0 Å². The summed E-state index contributed by atoms with van der Waals surface area (Å²) >= 11 is 0. The Balaban J connectivity index is 1.70. The average Bonchev–Trinajstić information content (AvgIpc) is 2.80. The molecule has 2 amide bonds. The lowest BCUT2D eigenvalue weighted by atomic mass is 10.0. The van der Waals surface area contributed by atoms with Crippen LogP contribution in [-0.4, -0.2) is 25.8 Å². The zero-order valence-corrected chi connectivity index (χ0v) is 20.5. The highest BCUT2D eigenvalue weighted by Crippen LogP contribution is 2.19. The molecule has 0 aliphatic heterocycles. The molecule has 0 aliphatic carbocycles. The number of nitrogens with one attached hydrogen (secondary N) is 3. The van der Waals surface area contributed by atoms with E-state index in [1.165, 1.54) is 24.3 Å². The van der Waals surface area contributed by atoms with E-state index < -0.39 is 15.9 Å². The van der Waals surface area contributed by atoms with Crippen LogP contribution in [0.3, 0.4) is 0 Å². The Hall–Kier alpha value is -3.65. The van der Waals surface area contributed by atoms with Crippen molar-refractivity contribution in [2.24, 2.45) is 0 Å². The lowest BCUT2D eigenvalue weighted by molar-refractivity contribution is 0.0910. The topological polar surface area (TPSA) is 104 Å². The van der Waals surface area contributed by atoms with Crippen LogP contribution in [0.1, 0.15) is 53.5 Å². The van der Waals surface area contributed by atoms with Gasteiger partial charge in [-0.25, -0.2) is 8.42 Å². The maximum absolute atomic E-state index is 12.8. The van der Waals surface area contributed by atoms with E-state index in [-0.39, 0.29) is 21.9 Å². The molecule has 8 heteroatoms. The molecule has 3 rings (SSSR count). The minimum atomic E-state index is -3.86. The van der Waals surface area contributed by atoms with Gasteiger partial charge in [0.15, 0.2) is 0 Å². The molecule has 0 saturated heterocycles.